The van der Waals surface area contributed by atoms with Crippen LogP contribution in [0.3, 0.4) is 0 Å². The van der Waals surface area contributed by atoms with Crippen LogP contribution >= 0.6 is 11.6 Å². The topological polar surface area (TPSA) is 62.7 Å². The molecule has 1 N–H and O–H groups in total. The first-order valence-electron chi connectivity index (χ1n) is 6.12. The lowest BCUT2D eigenvalue weighted by atomic mass is 10.00. The van der Waals surface area contributed by atoms with E-state index < -0.39 is 5.60 Å². The summed E-state index contributed by atoms with van der Waals surface area (Å²) in [5.74, 6) is 0. The Morgan fingerprint density at radius 1 is 1.58 bits per heavy atom. The van der Waals surface area contributed by atoms with E-state index in [1.807, 2.05) is 4.90 Å². The standard InChI is InChI=1S/C13H17ClN2O3/c1-13(2,18)11-7-16(5-6-19-11)10-3-4-12(14)15-9(10)8-17/h3-4,8,11,18H,5-7H2,1-2H3. The predicted octanol–water partition coefficient (Wildman–Crippen LogP) is 1.52. The third kappa shape index (κ3) is 3.23. The number of carbonyl (C=O) groups excluding carboxylic acids is 1. The summed E-state index contributed by atoms with van der Waals surface area (Å²) in [6.45, 7) is 5.07. The molecule has 104 valence electrons. The van der Waals surface area contributed by atoms with E-state index in [9.17, 15) is 9.90 Å². The van der Waals surface area contributed by atoms with Gasteiger partial charge < -0.3 is 14.7 Å². The van der Waals surface area contributed by atoms with Crippen molar-refractivity contribution in [2.24, 2.45) is 0 Å². The Morgan fingerprint density at radius 2 is 2.32 bits per heavy atom. The lowest BCUT2D eigenvalue weighted by Crippen LogP contribution is -2.52. The van der Waals surface area contributed by atoms with Gasteiger partial charge in [0.2, 0.25) is 0 Å². The van der Waals surface area contributed by atoms with Crippen LogP contribution in [0.25, 0.3) is 0 Å². The maximum atomic E-state index is 11.1. The van der Waals surface area contributed by atoms with Gasteiger partial charge in [-0.3, -0.25) is 4.79 Å². The van der Waals surface area contributed by atoms with Crippen LogP contribution in [0.4, 0.5) is 5.69 Å². The van der Waals surface area contributed by atoms with Gasteiger partial charge >= 0.3 is 0 Å². The summed E-state index contributed by atoms with van der Waals surface area (Å²) in [5.41, 5.74) is 0.0979. The quantitative estimate of drug-likeness (QED) is 0.674. The minimum absolute atomic E-state index is 0.290. The SMILES string of the molecule is CC(C)(O)C1CN(c2ccc(Cl)nc2C=O)CCO1. The molecule has 2 rings (SSSR count). The van der Waals surface area contributed by atoms with Crippen LogP contribution in [-0.4, -0.2) is 47.8 Å². The van der Waals surface area contributed by atoms with Gasteiger partial charge in [0.05, 0.1) is 17.9 Å². The number of anilines is 1. The van der Waals surface area contributed by atoms with E-state index in [2.05, 4.69) is 4.98 Å². The summed E-state index contributed by atoms with van der Waals surface area (Å²) in [6, 6.07) is 3.42. The molecule has 1 atom stereocenters. The van der Waals surface area contributed by atoms with E-state index in [1.54, 1.807) is 26.0 Å². The van der Waals surface area contributed by atoms with Crippen LogP contribution in [0.5, 0.6) is 0 Å². The number of halogens is 1. The van der Waals surface area contributed by atoms with Crippen molar-refractivity contribution in [3.8, 4) is 0 Å². The highest BCUT2D eigenvalue weighted by Crippen LogP contribution is 2.25. The van der Waals surface area contributed by atoms with Crippen molar-refractivity contribution < 1.29 is 14.6 Å². The smallest absolute Gasteiger partial charge is 0.170 e. The van der Waals surface area contributed by atoms with Gasteiger partial charge in [0.25, 0.3) is 0 Å². The van der Waals surface area contributed by atoms with Crippen molar-refractivity contribution in [1.29, 1.82) is 0 Å². The molecule has 0 spiro atoms. The molecule has 5 nitrogen and oxygen atoms in total. The fourth-order valence-corrected chi connectivity index (χ4v) is 2.25. The summed E-state index contributed by atoms with van der Waals surface area (Å²) in [6.07, 6.45) is 0.381. The highest BCUT2D eigenvalue weighted by Gasteiger charge is 2.33. The van der Waals surface area contributed by atoms with Crippen LogP contribution in [0.15, 0.2) is 12.1 Å². The Labute approximate surface area is 117 Å². The molecule has 1 aliphatic heterocycles. The van der Waals surface area contributed by atoms with Gasteiger partial charge in [-0.25, -0.2) is 4.98 Å². The van der Waals surface area contributed by atoms with Crippen LogP contribution in [-0.2, 0) is 4.74 Å². The van der Waals surface area contributed by atoms with Gasteiger partial charge in [-0.15, -0.1) is 0 Å². The number of rotatable bonds is 3. The number of pyridine rings is 1. The summed E-state index contributed by atoms with van der Waals surface area (Å²) in [4.78, 5) is 17.1. The Bertz CT molecular complexity index is 473. The molecule has 0 radical (unpaired) electrons. The van der Waals surface area contributed by atoms with E-state index in [-0.39, 0.29) is 11.3 Å². The number of hydrogen-bond acceptors (Lipinski definition) is 5. The molecule has 1 aromatic heterocycles. The van der Waals surface area contributed by atoms with Crippen LogP contribution in [0, 0.1) is 0 Å². The lowest BCUT2D eigenvalue weighted by molar-refractivity contribution is -0.0928. The van der Waals surface area contributed by atoms with Crippen molar-refractivity contribution in [3.05, 3.63) is 23.0 Å². The molecule has 1 aliphatic rings. The number of carbonyl (C=O) groups is 1. The lowest BCUT2D eigenvalue weighted by Gasteiger charge is -2.39. The molecule has 6 heteroatoms. The van der Waals surface area contributed by atoms with Gasteiger partial charge in [-0.2, -0.15) is 0 Å². The maximum absolute atomic E-state index is 11.1. The normalized spacial score (nSPS) is 20.4. The maximum Gasteiger partial charge on any atom is 0.170 e. The molecule has 0 aromatic carbocycles. The number of aldehydes is 1. The van der Waals surface area contributed by atoms with Gasteiger partial charge in [-0.05, 0) is 26.0 Å². The van der Waals surface area contributed by atoms with Crippen molar-refractivity contribution in [2.45, 2.75) is 25.6 Å². The molecule has 19 heavy (non-hydrogen) atoms. The fraction of sp³-hybridized carbons (Fsp3) is 0.538. The minimum atomic E-state index is -0.931. The van der Waals surface area contributed by atoms with E-state index >= 15 is 0 Å². The third-order valence-electron chi connectivity index (χ3n) is 3.18. The zero-order valence-corrected chi connectivity index (χ0v) is 11.7. The molecule has 0 aliphatic carbocycles. The first kappa shape index (κ1) is 14.2. The first-order chi connectivity index (χ1) is 8.91. The number of aliphatic hydroxyl groups is 1. The Morgan fingerprint density at radius 3 is 2.95 bits per heavy atom. The second-order valence-corrected chi connectivity index (χ2v) is 5.50. The van der Waals surface area contributed by atoms with Crippen molar-refractivity contribution >= 4 is 23.6 Å². The number of aromatic nitrogens is 1. The van der Waals surface area contributed by atoms with Crippen LogP contribution in [0.1, 0.15) is 24.3 Å². The van der Waals surface area contributed by atoms with Crippen molar-refractivity contribution in [1.82, 2.24) is 4.98 Å². The number of morpholine rings is 1. The second-order valence-electron chi connectivity index (χ2n) is 5.12. The Hall–Kier alpha value is -1.17. The number of nitrogens with zero attached hydrogens (tertiary/aromatic N) is 2. The predicted molar refractivity (Wildman–Crippen MR) is 72.9 cm³/mol. The van der Waals surface area contributed by atoms with E-state index in [0.29, 0.717) is 31.7 Å². The third-order valence-corrected chi connectivity index (χ3v) is 3.39. The average molecular weight is 285 g/mol. The summed E-state index contributed by atoms with van der Waals surface area (Å²) < 4.78 is 5.56. The molecule has 1 unspecified atom stereocenters. The first-order valence-corrected chi connectivity index (χ1v) is 6.50. The summed E-state index contributed by atoms with van der Waals surface area (Å²) in [7, 11) is 0. The average Bonchev–Trinajstić information content (AvgIpc) is 2.37. The molecule has 1 saturated heterocycles. The minimum Gasteiger partial charge on any atom is -0.388 e. The van der Waals surface area contributed by atoms with Gasteiger partial charge in [0.15, 0.2) is 6.29 Å². The second kappa shape index (κ2) is 5.45. The summed E-state index contributed by atoms with van der Waals surface area (Å²) in [5, 5.41) is 10.3. The van der Waals surface area contributed by atoms with Gasteiger partial charge in [0.1, 0.15) is 17.0 Å². The molecule has 0 amide bonds. The Balaban J connectivity index is 2.24. The van der Waals surface area contributed by atoms with Crippen LogP contribution in [0.2, 0.25) is 5.15 Å². The molecule has 2 heterocycles. The molecule has 0 bridgehead atoms. The van der Waals surface area contributed by atoms with E-state index in [4.69, 9.17) is 16.3 Å². The Kier molecular flexibility index (Phi) is 4.08. The molecular weight excluding hydrogens is 268 g/mol. The van der Waals surface area contributed by atoms with Crippen LogP contribution < -0.4 is 4.90 Å². The zero-order chi connectivity index (χ0) is 14.0. The number of ether oxygens (including phenoxy) is 1. The molecular formula is C13H17ClN2O3. The fourth-order valence-electron chi connectivity index (χ4n) is 2.09. The summed E-state index contributed by atoms with van der Waals surface area (Å²) >= 11 is 5.78. The van der Waals surface area contributed by atoms with Gasteiger partial charge in [0, 0.05) is 13.1 Å². The van der Waals surface area contributed by atoms with Gasteiger partial charge in [-0.1, -0.05) is 11.6 Å². The largest absolute Gasteiger partial charge is 0.388 e. The van der Waals surface area contributed by atoms with Crippen molar-refractivity contribution in [3.63, 3.8) is 0 Å². The monoisotopic (exact) mass is 284 g/mol. The van der Waals surface area contributed by atoms with E-state index in [0.717, 1.165) is 5.69 Å². The molecule has 1 aromatic rings. The number of hydrogen-bond donors (Lipinski definition) is 1. The molecule has 1 fully saturated rings. The van der Waals surface area contributed by atoms with E-state index in [1.165, 1.54) is 0 Å². The molecule has 0 saturated carbocycles. The highest BCUT2D eigenvalue weighted by atomic mass is 35.5. The van der Waals surface area contributed by atoms with Crippen molar-refractivity contribution in [2.75, 3.05) is 24.6 Å². The zero-order valence-electron chi connectivity index (χ0n) is 11.0. The highest BCUT2D eigenvalue weighted by molar-refractivity contribution is 6.29.